The molecule has 22 heavy (non-hydrogen) atoms. The highest BCUT2D eigenvalue weighted by Gasteiger charge is 2.27. The summed E-state index contributed by atoms with van der Waals surface area (Å²) in [5.41, 5.74) is 0.824. The molecule has 0 fully saturated rings. The van der Waals surface area contributed by atoms with E-state index >= 15 is 0 Å². The first kappa shape index (κ1) is 14.8. The zero-order chi connectivity index (χ0) is 16.3. The molecule has 11 heteroatoms. The lowest BCUT2D eigenvalue weighted by Gasteiger charge is -2.13. The summed E-state index contributed by atoms with van der Waals surface area (Å²) in [6.45, 7) is 0. The van der Waals surface area contributed by atoms with Crippen LogP contribution in [0.5, 0.6) is 0 Å². The molecule has 2 rings (SSSR count). The first-order valence-electron chi connectivity index (χ1n) is 5.69. The smallest absolute Gasteiger partial charge is 0.283 e. The summed E-state index contributed by atoms with van der Waals surface area (Å²) >= 11 is 0. The number of rotatable bonds is 5. The van der Waals surface area contributed by atoms with Crippen LogP contribution in [0, 0.1) is 30.3 Å². The monoisotopic (exact) mass is 305 g/mol. The standard InChI is InChI=1S/C11H7N5O6/c17-14(18)8-6-9(15(19)20)11(10(7-8)16(21)22)12-13-4-2-1-3-5-13/h1-7H. The molecule has 0 spiro atoms. The summed E-state index contributed by atoms with van der Waals surface area (Å²) in [6, 6.07) is 6.05. The highest BCUT2D eigenvalue weighted by Crippen LogP contribution is 2.41. The van der Waals surface area contributed by atoms with Gasteiger partial charge in [0.1, 0.15) is 0 Å². The number of benzene rings is 1. The Balaban J connectivity index is 2.66. The number of nitrogens with zero attached hydrogens (tertiary/aromatic N) is 5. The van der Waals surface area contributed by atoms with Gasteiger partial charge in [-0.25, -0.2) is 4.68 Å². The second-order valence-electron chi connectivity index (χ2n) is 3.96. The molecule has 0 amide bonds. The van der Waals surface area contributed by atoms with E-state index in [1.165, 1.54) is 12.4 Å². The summed E-state index contributed by atoms with van der Waals surface area (Å²) in [7, 11) is 0. The Morgan fingerprint density at radius 3 is 1.73 bits per heavy atom. The van der Waals surface area contributed by atoms with Gasteiger partial charge in [-0.3, -0.25) is 30.3 Å². The van der Waals surface area contributed by atoms with Gasteiger partial charge in [0.2, 0.25) is 0 Å². The van der Waals surface area contributed by atoms with Gasteiger partial charge in [-0.15, -0.1) is 0 Å². The largest absolute Gasteiger partial charge is 0.392 e. The van der Waals surface area contributed by atoms with Crippen molar-refractivity contribution in [3.05, 3.63) is 78.5 Å². The van der Waals surface area contributed by atoms with Gasteiger partial charge < -0.3 is 5.43 Å². The Hall–Kier alpha value is -3.63. The van der Waals surface area contributed by atoms with Crippen LogP contribution in [0.15, 0.2) is 42.7 Å². The summed E-state index contributed by atoms with van der Waals surface area (Å²) in [6.07, 6.45) is 2.82. The van der Waals surface area contributed by atoms with Crippen molar-refractivity contribution in [1.82, 2.24) is 0 Å². The lowest BCUT2D eigenvalue weighted by molar-refractivity contribution is -0.619. The molecular weight excluding hydrogens is 298 g/mol. The molecule has 1 aromatic carbocycles. The summed E-state index contributed by atoms with van der Waals surface area (Å²) in [5, 5.41) is 32.9. The Bertz CT molecular complexity index is 728. The van der Waals surface area contributed by atoms with Crippen LogP contribution in [-0.2, 0) is 0 Å². The molecule has 112 valence electrons. The van der Waals surface area contributed by atoms with Crippen molar-refractivity contribution < 1.29 is 19.4 Å². The Morgan fingerprint density at radius 1 is 0.818 bits per heavy atom. The van der Waals surface area contributed by atoms with Crippen LogP contribution >= 0.6 is 0 Å². The maximum Gasteiger partial charge on any atom is 0.283 e. The molecular formula is C11H7N5O6. The van der Waals surface area contributed by atoms with Gasteiger partial charge in [0.25, 0.3) is 17.1 Å². The molecule has 0 N–H and O–H groups in total. The first-order valence-corrected chi connectivity index (χ1v) is 5.69. The number of non-ortho nitro benzene ring substituents is 1. The molecule has 1 aromatic heterocycles. The van der Waals surface area contributed by atoms with E-state index in [-0.39, 0.29) is 0 Å². The summed E-state index contributed by atoms with van der Waals surface area (Å²) < 4.78 is 1.13. The fourth-order valence-electron chi connectivity index (χ4n) is 1.65. The Kier molecular flexibility index (Phi) is 3.88. The molecule has 0 aliphatic carbocycles. The van der Waals surface area contributed by atoms with Gasteiger partial charge in [-0.1, -0.05) is 6.07 Å². The van der Waals surface area contributed by atoms with E-state index in [0.29, 0.717) is 12.1 Å². The molecule has 0 unspecified atom stereocenters. The fraction of sp³-hybridized carbons (Fsp3) is 0. The van der Waals surface area contributed by atoms with Gasteiger partial charge in [0.15, 0.2) is 12.4 Å². The van der Waals surface area contributed by atoms with Gasteiger partial charge in [-0.2, -0.15) is 0 Å². The van der Waals surface area contributed by atoms with Crippen LogP contribution in [0.4, 0.5) is 22.7 Å². The van der Waals surface area contributed by atoms with Gasteiger partial charge in [0.05, 0.1) is 32.6 Å². The fourth-order valence-corrected chi connectivity index (χ4v) is 1.65. The topological polar surface area (TPSA) is 147 Å². The molecule has 0 saturated carbocycles. The van der Waals surface area contributed by atoms with E-state index in [2.05, 4.69) is 5.43 Å². The number of hydrogen-bond donors (Lipinski definition) is 0. The quantitative estimate of drug-likeness (QED) is 0.469. The predicted octanol–water partition coefficient (Wildman–Crippen LogP) is 2.17. The van der Waals surface area contributed by atoms with E-state index in [9.17, 15) is 30.3 Å². The number of aromatic nitrogens is 1. The van der Waals surface area contributed by atoms with Crippen LogP contribution in [0.3, 0.4) is 0 Å². The number of nitro groups is 3. The van der Waals surface area contributed by atoms with Crippen LogP contribution in [0.25, 0.3) is 5.43 Å². The molecule has 0 saturated heterocycles. The van der Waals surface area contributed by atoms with Gasteiger partial charge >= 0.3 is 0 Å². The van der Waals surface area contributed by atoms with Crippen LogP contribution < -0.4 is 4.68 Å². The van der Waals surface area contributed by atoms with E-state index in [1.54, 1.807) is 18.2 Å². The minimum atomic E-state index is -0.956. The maximum atomic E-state index is 11.1. The number of hydrogen-bond acceptors (Lipinski definition) is 6. The third-order valence-corrected chi connectivity index (χ3v) is 2.57. The van der Waals surface area contributed by atoms with Crippen molar-refractivity contribution in [2.75, 3.05) is 0 Å². The van der Waals surface area contributed by atoms with Crippen molar-refractivity contribution in [1.29, 1.82) is 0 Å². The van der Waals surface area contributed by atoms with Crippen molar-refractivity contribution in [2.45, 2.75) is 0 Å². The highest BCUT2D eigenvalue weighted by atomic mass is 16.6. The third kappa shape index (κ3) is 2.92. The first-order chi connectivity index (χ1) is 10.4. The molecule has 0 atom stereocenters. The van der Waals surface area contributed by atoms with E-state index in [0.717, 1.165) is 4.68 Å². The van der Waals surface area contributed by atoms with Crippen LogP contribution in [0.1, 0.15) is 0 Å². The predicted molar refractivity (Wildman–Crippen MR) is 71.5 cm³/mol. The second kappa shape index (κ2) is 5.78. The van der Waals surface area contributed by atoms with E-state index < -0.39 is 37.5 Å². The minimum absolute atomic E-state index is 0.572. The lowest BCUT2D eigenvalue weighted by atomic mass is 10.2. The van der Waals surface area contributed by atoms with Crippen molar-refractivity contribution in [2.24, 2.45) is 0 Å². The molecule has 0 aliphatic rings. The molecule has 0 bridgehead atoms. The van der Waals surface area contributed by atoms with Crippen molar-refractivity contribution in [3.8, 4) is 0 Å². The average Bonchev–Trinajstić information content (AvgIpc) is 2.47. The van der Waals surface area contributed by atoms with Gasteiger partial charge in [0, 0.05) is 12.1 Å². The lowest BCUT2D eigenvalue weighted by Crippen LogP contribution is -2.26. The number of nitro benzene ring substituents is 3. The van der Waals surface area contributed by atoms with E-state index in [1.807, 2.05) is 0 Å². The normalized spacial score (nSPS) is 10.0. The van der Waals surface area contributed by atoms with Crippen molar-refractivity contribution in [3.63, 3.8) is 0 Å². The summed E-state index contributed by atoms with van der Waals surface area (Å²) in [4.78, 5) is 30.0. The molecule has 0 aliphatic heterocycles. The van der Waals surface area contributed by atoms with Gasteiger partial charge in [-0.05, 0) is 0 Å². The maximum absolute atomic E-state index is 11.1. The molecule has 1 heterocycles. The molecule has 2 aromatic rings. The zero-order valence-corrected chi connectivity index (χ0v) is 10.7. The zero-order valence-electron chi connectivity index (χ0n) is 10.7. The van der Waals surface area contributed by atoms with Crippen molar-refractivity contribution >= 4 is 22.7 Å². The highest BCUT2D eigenvalue weighted by molar-refractivity contribution is 5.78. The minimum Gasteiger partial charge on any atom is -0.392 e. The van der Waals surface area contributed by atoms with E-state index in [4.69, 9.17) is 0 Å². The average molecular weight is 305 g/mol. The Labute approximate surface area is 121 Å². The Morgan fingerprint density at radius 2 is 1.32 bits per heavy atom. The van der Waals surface area contributed by atoms with Crippen LogP contribution in [0.2, 0.25) is 0 Å². The SMILES string of the molecule is O=[N+]([O-])c1cc([N+](=O)[O-])c([N-][n+]2ccccc2)c([N+](=O)[O-])c1. The summed E-state index contributed by atoms with van der Waals surface area (Å²) in [5.74, 6) is 0. The number of pyridine rings is 1. The molecule has 11 nitrogen and oxygen atoms in total. The van der Waals surface area contributed by atoms with Crippen LogP contribution in [-0.4, -0.2) is 14.8 Å². The molecule has 0 radical (unpaired) electrons. The third-order valence-electron chi connectivity index (χ3n) is 2.57. The second-order valence-corrected chi connectivity index (χ2v) is 3.96.